The first kappa shape index (κ1) is 36.5. The van der Waals surface area contributed by atoms with Crippen LogP contribution in [0, 0.1) is 5.92 Å². The lowest BCUT2D eigenvalue weighted by Gasteiger charge is -2.36. The highest BCUT2D eigenvalue weighted by atomic mass is 35.5. The number of halogens is 2. The van der Waals surface area contributed by atoms with Crippen LogP contribution in [0.2, 0.25) is 10.0 Å². The van der Waals surface area contributed by atoms with Gasteiger partial charge in [-0.1, -0.05) is 42.3 Å². The summed E-state index contributed by atoms with van der Waals surface area (Å²) in [4.78, 5) is 18.1. The fourth-order valence-electron chi connectivity index (χ4n) is 5.39. The molecule has 2 N–H and O–H groups in total. The highest BCUT2D eigenvalue weighted by molar-refractivity contribution is 7.94. The van der Waals surface area contributed by atoms with Gasteiger partial charge >= 0.3 is 0 Å². The average Bonchev–Trinajstić information content (AvgIpc) is 3.57. The summed E-state index contributed by atoms with van der Waals surface area (Å²) in [5.74, 6) is -0.112. The maximum atomic E-state index is 14.3. The predicted molar refractivity (Wildman–Crippen MR) is 185 cm³/mol. The Morgan fingerprint density at radius 2 is 1.91 bits per heavy atom. The lowest BCUT2D eigenvalue weighted by atomic mass is 10.0. The molecule has 1 aliphatic rings. The van der Waals surface area contributed by atoms with Crippen LogP contribution in [0.5, 0.6) is 5.75 Å². The van der Waals surface area contributed by atoms with Crippen LogP contribution in [0.25, 0.3) is 0 Å². The summed E-state index contributed by atoms with van der Waals surface area (Å²) in [6, 6.07) is 13.0. The minimum absolute atomic E-state index is 0.110. The van der Waals surface area contributed by atoms with E-state index >= 15 is 0 Å². The zero-order valence-electron chi connectivity index (χ0n) is 26.6. The molecule has 0 bridgehead atoms. The van der Waals surface area contributed by atoms with E-state index in [1.165, 1.54) is 12.1 Å². The molecule has 4 atom stereocenters. The Hall–Kier alpha value is -2.38. The number of hydrogen-bond donors (Lipinski definition) is 2. The topological polar surface area (TPSA) is 108 Å². The van der Waals surface area contributed by atoms with Crippen LogP contribution in [0.1, 0.15) is 56.0 Å². The number of aliphatic hydroxyl groups is 1. The van der Waals surface area contributed by atoms with Gasteiger partial charge in [0, 0.05) is 37.8 Å². The van der Waals surface area contributed by atoms with Crippen molar-refractivity contribution >= 4 is 56.2 Å². The SMILES string of the molecule is C[C@@H]1CCCCO[C@@H](CN(C)Cc2ccc(Cl)c(Cl)c2)[C@H](C)CN([C@H](C)CO)C(=O)c2cc(NS(=O)(=O)c3cccs3)ccc2O1. The molecule has 0 unspecified atom stereocenters. The van der Waals surface area contributed by atoms with Gasteiger partial charge in [-0.05, 0) is 87.5 Å². The number of nitrogens with zero attached hydrogens (tertiary/aromatic N) is 2. The summed E-state index contributed by atoms with van der Waals surface area (Å²) in [7, 11) is -1.82. The van der Waals surface area contributed by atoms with Gasteiger partial charge in [-0.3, -0.25) is 14.4 Å². The Labute approximate surface area is 286 Å². The van der Waals surface area contributed by atoms with Gasteiger partial charge in [0.25, 0.3) is 15.9 Å². The first-order chi connectivity index (χ1) is 21.9. The normalized spacial score (nSPS) is 20.9. The number of thiophene rings is 1. The van der Waals surface area contributed by atoms with Gasteiger partial charge in [0.05, 0.1) is 40.5 Å². The van der Waals surface area contributed by atoms with Gasteiger partial charge in [0.1, 0.15) is 9.96 Å². The van der Waals surface area contributed by atoms with Crippen molar-refractivity contribution in [3.05, 3.63) is 75.1 Å². The minimum Gasteiger partial charge on any atom is -0.490 e. The third-order valence-corrected chi connectivity index (χ3v) is 11.5. The monoisotopic (exact) mass is 711 g/mol. The van der Waals surface area contributed by atoms with Crippen LogP contribution in [0.15, 0.2) is 58.1 Å². The predicted octanol–water partition coefficient (Wildman–Crippen LogP) is 6.78. The van der Waals surface area contributed by atoms with Crippen molar-refractivity contribution in [1.82, 2.24) is 9.80 Å². The minimum atomic E-state index is -3.84. The fourth-order valence-corrected chi connectivity index (χ4v) is 7.75. The van der Waals surface area contributed by atoms with Gasteiger partial charge in [-0.15, -0.1) is 11.3 Å². The van der Waals surface area contributed by atoms with E-state index < -0.39 is 16.1 Å². The molecule has 1 amide bonds. The first-order valence-corrected chi connectivity index (χ1v) is 18.5. The Kier molecular flexibility index (Phi) is 13.2. The van der Waals surface area contributed by atoms with Crippen molar-refractivity contribution in [2.45, 2.75) is 69.0 Å². The highest BCUT2D eigenvalue weighted by Gasteiger charge is 2.31. The molecule has 0 fully saturated rings. The third kappa shape index (κ3) is 9.82. The fraction of sp³-hybridized carbons (Fsp3) is 0.485. The van der Waals surface area contributed by atoms with E-state index in [1.54, 1.807) is 41.5 Å². The van der Waals surface area contributed by atoms with E-state index in [0.717, 1.165) is 36.2 Å². The van der Waals surface area contributed by atoms with Crippen LogP contribution in [-0.2, 0) is 21.3 Å². The van der Waals surface area contributed by atoms with E-state index in [9.17, 15) is 18.3 Å². The molecule has 46 heavy (non-hydrogen) atoms. The van der Waals surface area contributed by atoms with Gasteiger partial charge < -0.3 is 19.5 Å². The number of ether oxygens (including phenoxy) is 2. The molecule has 13 heteroatoms. The number of carbonyl (C=O) groups is 1. The number of benzene rings is 2. The Morgan fingerprint density at radius 3 is 2.61 bits per heavy atom. The number of hydrogen-bond acceptors (Lipinski definition) is 8. The summed E-state index contributed by atoms with van der Waals surface area (Å²) in [5.41, 5.74) is 1.48. The van der Waals surface area contributed by atoms with Crippen LogP contribution < -0.4 is 9.46 Å². The standard InChI is InChI=1S/C33H43Cl2N3O6S2/c1-22-18-38(23(2)21-39)33(40)27-17-26(36-46(41,42)32-9-7-15-45-32)11-13-30(27)44-24(3)8-5-6-14-43-31(22)20-37(4)19-25-10-12-28(34)29(35)16-25/h7,9-13,15-17,22-24,31,36,39H,5-6,8,14,18-21H2,1-4H3/t22-,23-,24-,31+/m1/s1. The molecule has 1 aliphatic heterocycles. The van der Waals surface area contributed by atoms with E-state index in [1.807, 2.05) is 33.0 Å². The molecule has 3 aromatic rings. The molecule has 0 radical (unpaired) electrons. The van der Waals surface area contributed by atoms with E-state index in [4.69, 9.17) is 32.7 Å². The summed E-state index contributed by atoms with van der Waals surface area (Å²) < 4.78 is 41.4. The number of sulfonamides is 1. The second-order valence-corrected chi connectivity index (χ2v) is 15.7. The third-order valence-electron chi connectivity index (χ3n) is 7.99. The maximum Gasteiger partial charge on any atom is 0.271 e. The summed E-state index contributed by atoms with van der Waals surface area (Å²) in [5, 5.41) is 12.9. The van der Waals surface area contributed by atoms with E-state index in [0.29, 0.717) is 42.0 Å². The maximum absolute atomic E-state index is 14.3. The molecular formula is C33H43Cl2N3O6S2. The van der Waals surface area contributed by atoms with Crippen molar-refractivity contribution < 1.29 is 27.8 Å². The molecule has 2 aromatic carbocycles. The quantitative estimate of drug-likeness (QED) is 0.252. The first-order valence-electron chi connectivity index (χ1n) is 15.4. The molecule has 9 nitrogen and oxygen atoms in total. The van der Waals surface area contributed by atoms with Gasteiger partial charge in [0.15, 0.2) is 0 Å². The highest BCUT2D eigenvalue weighted by Crippen LogP contribution is 2.30. The zero-order chi connectivity index (χ0) is 33.4. The van der Waals surface area contributed by atoms with Crippen LogP contribution in [-0.4, -0.2) is 80.8 Å². The van der Waals surface area contributed by atoms with Crippen LogP contribution in [0.3, 0.4) is 0 Å². The number of aliphatic hydroxyl groups excluding tert-OH is 1. The van der Waals surface area contributed by atoms with Crippen molar-refractivity contribution in [2.75, 3.05) is 38.1 Å². The number of likely N-dealkylation sites (N-methyl/N-ethyl adjacent to an activating group) is 1. The number of nitrogens with one attached hydrogen (secondary N) is 1. The van der Waals surface area contributed by atoms with Gasteiger partial charge in [0.2, 0.25) is 0 Å². The Bertz CT molecular complexity index is 1560. The summed E-state index contributed by atoms with van der Waals surface area (Å²) in [6.45, 7) is 7.62. The molecule has 1 aromatic heterocycles. The average molecular weight is 713 g/mol. The number of amides is 1. The Balaban J connectivity index is 1.62. The van der Waals surface area contributed by atoms with Gasteiger partial charge in [-0.2, -0.15) is 0 Å². The van der Waals surface area contributed by atoms with Crippen LogP contribution >= 0.6 is 34.5 Å². The van der Waals surface area contributed by atoms with Crippen molar-refractivity contribution in [1.29, 1.82) is 0 Å². The summed E-state index contributed by atoms with van der Waals surface area (Å²) >= 11 is 13.5. The second kappa shape index (κ2) is 16.6. The molecule has 0 saturated carbocycles. The number of anilines is 1. The molecular weight excluding hydrogens is 669 g/mol. The molecule has 4 rings (SSSR count). The van der Waals surface area contributed by atoms with Crippen molar-refractivity contribution in [3.8, 4) is 5.75 Å². The zero-order valence-corrected chi connectivity index (χ0v) is 29.8. The Morgan fingerprint density at radius 1 is 1.13 bits per heavy atom. The lowest BCUT2D eigenvalue weighted by Crippen LogP contribution is -2.47. The number of fused-ring (bicyclic) bond motifs is 1. The number of carbonyl (C=O) groups excluding carboxylic acids is 1. The smallest absolute Gasteiger partial charge is 0.271 e. The van der Waals surface area contributed by atoms with E-state index in [2.05, 4.69) is 9.62 Å². The molecule has 252 valence electrons. The second-order valence-electron chi connectivity index (χ2n) is 12.0. The van der Waals surface area contributed by atoms with Crippen molar-refractivity contribution in [3.63, 3.8) is 0 Å². The van der Waals surface area contributed by atoms with E-state index in [-0.39, 0.29) is 46.1 Å². The van der Waals surface area contributed by atoms with Crippen LogP contribution in [0.4, 0.5) is 5.69 Å². The van der Waals surface area contributed by atoms with Crippen molar-refractivity contribution in [2.24, 2.45) is 5.92 Å². The number of rotatable bonds is 9. The molecule has 0 saturated heterocycles. The molecule has 0 spiro atoms. The lowest BCUT2D eigenvalue weighted by molar-refractivity contribution is -0.0177. The summed E-state index contributed by atoms with van der Waals surface area (Å²) in [6.07, 6.45) is 2.06. The van der Waals surface area contributed by atoms with Gasteiger partial charge in [-0.25, -0.2) is 8.42 Å². The molecule has 2 heterocycles. The largest absolute Gasteiger partial charge is 0.490 e. The molecule has 0 aliphatic carbocycles.